The minimum atomic E-state index is -0.782. The average molecular weight is 303 g/mol. The molecule has 1 heterocycles. The van der Waals surface area contributed by atoms with Gasteiger partial charge in [0.25, 0.3) is 0 Å². The minimum absolute atomic E-state index is 0.0411. The van der Waals surface area contributed by atoms with E-state index >= 15 is 0 Å². The van der Waals surface area contributed by atoms with Gasteiger partial charge in [-0.3, -0.25) is 9.59 Å². The Morgan fingerprint density at radius 1 is 1.27 bits per heavy atom. The summed E-state index contributed by atoms with van der Waals surface area (Å²) in [6.45, 7) is 3.00. The van der Waals surface area contributed by atoms with Gasteiger partial charge in [-0.15, -0.1) is 0 Å². The fraction of sp³-hybridized carbons (Fsp3) is 0.529. The number of amides is 1. The second-order valence-corrected chi connectivity index (χ2v) is 6.21. The third-order valence-electron chi connectivity index (χ3n) is 4.62. The Balaban J connectivity index is 1.80. The number of carboxylic acids is 1. The lowest BCUT2D eigenvalue weighted by atomic mass is 9.80. The highest BCUT2D eigenvalue weighted by Crippen LogP contribution is 2.36. The van der Waals surface area contributed by atoms with Gasteiger partial charge in [-0.2, -0.15) is 0 Å². The molecule has 1 aromatic rings. The molecule has 2 atom stereocenters. The molecule has 0 saturated heterocycles. The van der Waals surface area contributed by atoms with Crippen molar-refractivity contribution < 1.29 is 19.4 Å². The van der Waals surface area contributed by atoms with Crippen LogP contribution in [-0.4, -0.2) is 30.1 Å². The predicted molar refractivity (Wildman–Crippen MR) is 82.1 cm³/mol. The van der Waals surface area contributed by atoms with Crippen LogP contribution >= 0.6 is 0 Å². The lowest BCUT2D eigenvalue weighted by Crippen LogP contribution is -2.43. The molecule has 2 aliphatic rings. The van der Waals surface area contributed by atoms with Crippen LogP contribution in [0.4, 0.5) is 5.69 Å². The molecule has 1 N–H and O–H groups in total. The van der Waals surface area contributed by atoms with E-state index in [0.717, 1.165) is 29.8 Å². The average Bonchev–Trinajstić information content (AvgIpc) is 2.53. The van der Waals surface area contributed by atoms with Crippen LogP contribution in [0.2, 0.25) is 0 Å². The fourth-order valence-electron chi connectivity index (χ4n) is 3.41. The highest BCUT2D eigenvalue weighted by molar-refractivity contribution is 5.97. The van der Waals surface area contributed by atoms with Crippen molar-refractivity contribution in [3.8, 4) is 5.75 Å². The molecular formula is C17H21NO4. The van der Waals surface area contributed by atoms with E-state index in [1.165, 1.54) is 0 Å². The van der Waals surface area contributed by atoms with Crippen LogP contribution in [0.5, 0.6) is 5.75 Å². The van der Waals surface area contributed by atoms with Gasteiger partial charge >= 0.3 is 5.97 Å². The summed E-state index contributed by atoms with van der Waals surface area (Å²) in [6, 6.07) is 5.82. The maximum atomic E-state index is 12.8. The number of benzene rings is 1. The number of nitrogens with zero attached hydrogens (tertiary/aromatic N) is 1. The monoisotopic (exact) mass is 303 g/mol. The molecule has 1 saturated carbocycles. The number of aryl methyl sites for hydroxylation is 1. The zero-order chi connectivity index (χ0) is 15.7. The summed E-state index contributed by atoms with van der Waals surface area (Å²) in [6.07, 6.45) is 2.71. The van der Waals surface area contributed by atoms with Gasteiger partial charge in [0.1, 0.15) is 12.4 Å². The van der Waals surface area contributed by atoms with Gasteiger partial charge in [0.05, 0.1) is 18.2 Å². The van der Waals surface area contributed by atoms with Crippen LogP contribution in [0.15, 0.2) is 18.2 Å². The number of anilines is 1. The molecule has 118 valence electrons. The molecule has 2 unspecified atom stereocenters. The van der Waals surface area contributed by atoms with Crippen LogP contribution < -0.4 is 9.64 Å². The van der Waals surface area contributed by atoms with Crippen LogP contribution in [0.3, 0.4) is 0 Å². The Kier molecular flexibility index (Phi) is 4.05. The number of carbonyl (C=O) groups excluding carboxylic acids is 1. The van der Waals surface area contributed by atoms with Crippen molar-refractivity contribution in [2.45, 2.75) is 32.6 Å². The summed E-state index contributed by atoms with van der Waals surface area (Å²) in [7, 11) is 0. The molecule has 1 amide bonds. The third kappa shape index (κ3) is 2.80. The van der Waals surface area contributed by atoms with Crippen LogP contribution in [0.1, 0.15) is 31.2 Å². The molecule has 0 bridgehead atoms. The summed E-state index contributed by atoms with van der Waals surface area (Å²) in [5, 5.41) is 9.19. The van der Waals surface area contributed by atoms with Gasteiger partial charge < -0.3 is 14.7 Å². The number of aliphatic carboxylic acids is 1. The molecule has 0 aromatic heterocycles. The SMILES string of the molecule is Cc1ccc2c(c1)OCCN2C(=O)C1CCCC(C(=O)O)C1. The van der Waals surface area contributed by atoms with Crippen molar-refractivity contribution in [1.82, 2.24) is 0 Å². The Hall–Kier alpha value is -2.04. The first-order valence-electron chi connectivity index (χ1n) is 7.84. The maximum absolute atomic E-state index is 12.8. The van der Waals surface area contributed by atoms with E-state index in [2.05, 4.69) is 0 Å². The van der Waals surface area contributed by atoms with E-state index in [1.54, 1.807) is 4.90 Å². The standard InChI is InChI=1S/C17H21NO4/c1-11-5-6-14-15(9-11)22-8-7-18(14)16(19)12-3-2-4-13(10-12)17(20)21/h5-6,9,12-13H,2-4,7-8,10H2,1H3,(H,20,21). The second kappa shape index (κ2) is 5.99. The first-order valence-corrected chi connectivity index (χ1v) is 7.84. The summed E-state index contributed by atoms with van der Waals surface area (Å²) in [5.74, 6) is -0.580. The predicted octanol–water partition coefficient (Wildman–Crippen LogP) is 2.61. The van der Waals surface area contributed by atoms with Crippen molar-refractivity contribution in [2.24, 2.45) is 11.8 Å². The van der Waals surface area contributed by atoms with E-state index in [4.69, 9.17) is 4.74 Å². The Labute approximate surface area is 129 Å². The van der Waals surface area contributed by atoms with Crippen LogP contribution in [-0.2, 0) is 9.59 Å². The Morgan fingerprint density at radius 2 is 2.05 bits per heavy atom. The van der Waals surface area contributed by atoms with Gasteiger partial charge in [0.15, 0.2) is 0 Å². The second-order valence-electron chi connectivity index (χ2n) is 6.21. The van der Waals surface area contributed by atoms with Gasteiger partial charge in [0.2, 0.25) is 5.91 Å². The van der Waals surface area contributed by atoms with E-state index in [0.29, 0.717) is 26.0 Å². The summed E-state index contributed by atoms with van der Waals surface area (Å²) in [5.41, 5.74) is 1.90. The van der Waals surface area contributed by atoms with Gasteiger partial charge in [0, 0.05) is 5.92 Å². The Morgan fingerprint density at radius 3 is 2.82 bits per heavy atom. The number of carbonyl (C=O) groups is 2. The molecule has 5 nitrogen and oxygen atoms in total. The normalized spacial score (nSPS) is 24.3. The summed E-state index contributed by atoms with van der Waals surface area (Å²) >= 11 is 0. The number of ether oxygens (including phenoxy) is 1. The summed E-state index contributed by atoms with van der Waals surface area (Å²) < 4.78 is 5.64. The Bertz CT molecular complexity index is 598. The molecule has 22 heavy (non-hydrogen) atoms. The molecular weight excluding hydrogens is 282 g/mol. The number of fused-ring (bicyclic) bond motifs is 1. The largest absolute Gasteiger partial charge is 0.490 e. The summed E-state index contributed by atoms with van der Waals surface area (Å²) in [4.78, 5) is 25.8. The van der Waals surface area contributed by atoms with E-state index in [1.807, 2.05) is 25.1 Å². The maximum Gasteiger partial charge on any atom is 0.306 e. The van der Waals surface area contributed by atoms with Crippen molar-refractivity contribution in [2.75, 3.05) is 18.1 Å². The van der Waals surface area contributed by atoms with Crippen molar-refractivity contribution in [3.05, 3.63) is 23.8 Å². The van der Waals surface area contributed by atoms with E-state index in [-0.39, 0.29) is 17.7 Å². The third-order valence-corrected chi connectivity index (χ3v) is 4.62. The highest BCUT2D eigenvalue weighted by atomic mass is 16.5. The zero-order valence-corrected chi connectivity index (χ0v) is 12.7. The van der Waals surface area contributed by atoms with Crippen molar-refractivity contribution in [1.29, 1.82) is 0 Å². The van der Waals surface area contributed by atoms with Crippen molar-refractivity contribution in [3.63, 3.8) is 0 Å². The lowest BCUT2D eigenvalue weighted by Gasteiger charge is -2.34. The molecule has 1 aliphatic heterocycles. The van der Waals surface area contributed by atoms with Gasteiger partial charge in [-0.25, -0.2) is 0 Å². The fourth-order valence-corrected chi connectivity index (χ4v) is 3.41. The molecule has 3 rings (SSSR count). The van der Waals surface area contributed by atoms with E-state index < -0.39 is 5.97 Å². The number of hydrogen-bond donors (Lipinski definition) is 1. The molecule has 0 radical (unpaired) electrons. The highest BCUT2D eigenvalue weighted by Gasteiger charge is 2.35. The molecule has 1 fully saturated rings. The molecule has 5 heteroatoms. The smallest absolute Gasteiger partial charge is 0.306 e. The molecule has 1 aromatic carbocycles. The zero-order valence-electron chi connectivity index (χ0n) is 12.7. The quantitative estimate of drug-likeness (QED) is 0.912. The number of rotatable bonds is 2. The number of hydrogen-bond acceptors (Lipinski definition) is 3. The van der Waals surface area contributed by atoms with Crippen LogP contribution in [0, 0.1) is 18.8 Å². The first kappa shape index (κ1) is 14.9. The van der Waals surface area contributed by atoms with Crippen LogP contribution in [0.25, 0.3) is 0 Å². The van der Waals surface area contributed by atoms with Gasteiger partial charge in [-0.05, 0) is 43.9 Å². The van der Waals surface area contributed by atoms with E-state index in [9.17, 15) is 14.7 Å². The van der Waals surface area contributed by atoms with Gasteiger partial charge in [-0.1, -0.05) is 12.5 Å². The lowest BCUT2D eigenvalue weighted by molar-refractivity contribution is -0.143. The molecule has 1 aliphatic carbocycles. The topological polar surface area (TPSA) is 66.8 Å². The first-order chi connectivity index (χ1) is 10.6. The molecule has 0 spiro atoms. The van der Waals surface area contributed by atoms with Crippen molar-refractivity contribution >= 4 is 17.6 Å². The minimum Gasteiger partial charge on any atom is -0.490 e. The number of carboxylic acid groups (broad SMARTS) is 1.